The summed E-state index contributed by atoms with van der Waals surface area (Å²) >= 11 is 0. The van der Waals surface area contributed by atoms with E-state index in [0.717, 1.165) is 32.3 Å². The average molecular weight is 251 g/mol. The summed E-state index contributed by atoms with van der Waals surface area (Å²) in [7, 11) is 0.818. The summed E-state index contributed by atoms with van der Waals surface area (Å²) in [6.45, 7) is 2.47. The van der Waals surface area contributed by atoms with Crippen molar-refractivity contribution in [1.29, 1.82) is 0 Å². The van der Waals surface area contributed by atoms with Gasteiger partial charge in [0.1, 0.15) is 9.84 Å². The zero-order valence-electron chi connectivity index (χ0n) is 10.7. The molecule has 1 N–H and O–H groups in total. The van der Waals surface area contributed by atoms with E-state index in [0.29, 0.717) is 11.8 Å². The van der Waals surface area contributed by atoms with Gasteiger partial charge in [0.05, 0.1) is 5.75 Å². The highest BCUT2D eigenvalue weighted by Gasteiger charge is 2.10. The number of sulfone groups is 1. The predicted molar refractivity (Wildman–Crippen MR) is 67.5 cm³/mol. The van der Waals surface area contributed by atoms with Gasteiger partial charge in [-0.25, -0.2) is 8.42 Å². The smallest absolute Gasteiger partial charge is 0.150 e. The van der Waals surface area contributed by atoms with E-state index in [1.54, 1.807) is 14.0 Å². The first kappa shape index (κ1) is 15.9. The van der Waals surface area contributed by atoms with Crippen LogP contribution in [-0.2, 0) is 14.6 Å². The normalized spacial score (nSPS) is 13.9. The zero-order chi connectivity index (χ0) is 12.4. The Labute approximate surface area is 99.7 Å². The van der Waals surface area contributed by atoms with Crippen molar-refractivity contribution in [1.82, 2.24) is 5.32 Å². The van der Waals surface area contributed by atoms with Gasteiger partial charge in [-0.1, -0.05) is 6.92 Å². The third-order valence-corrected chi connectivity index (χ3v) is 4.55. The Kier molecular flexibility index (Phi) is 8.89. The van der Waals surface area contributed by atoms with Crippen LogP contribution in [0, 0.1) is 0 Å². The quantitative estimate of drug-likeness (QED) is 0.593. The fraction of sp³-hybridized carbons (Fsp3) is 1.00. The second-order valence-electron chi connectivity index (χ2n) is 4.00. The number of nitrogens with one attached hydrogen (secondary N) is 1. The molecule has 0 aliphatic rings. The number of rotatable bonds is 10. The van der Waals surface area contributed by atoms with Crippen LogP contribution in [0.25, 0.3) is 0 Å². The standard InChI is InChI=1S/C11H25NO3S/c1-4-16(13,14)10-6-8-11(12-2)7-5-9-15-3/h11-12H,4-10H2,1-3H3. The molecule has 0 fully saturated rings. The largest absolute Gasteiger partial charge is 0.385 e. The third kappa shape index (κ3) is 8.07. The number of hydrogen-bond donors (Lipinski definition) is 1. The van der Waals surface area contributed by atoms with Gasteiger partial charge in [0, 0.05) is 25.5 Å². The summed E-state index contributed by atoms with van der Waals surface area (Å²) in [6.07, 6.45) is 3.72. The molecule has 0 amide bonds. The lowest BCUT2D eigenvalue weighted by atomic mass is 10.1. The highest BCUT2D eigenvalue weighted by Crippen LogP contribution is 2.06. The van der Waals surface area contributed by atoms with E-state index in [1.807, 2.05) is 7.05 Å². The Balaban J connectivity index is 3.70. The molecule has 0 aromatic heterocycles. The molecule has 98 valence electrons. The number of hydrogen-bond acceptors (Lipinski definition) is 4. The van der Waals surface area contributed by atoms with Crippen LogP contribution < -0.4 is 5.32 Å². The van der Waals surface area contributed by atoms with Gasteiger partial charge in [0.25, 0.3) is 0 Å². The Bertz CT molecular complexity index is 252. The summed E-state index contributed by atoms with van der Waals surface area (Å²) in [5, 5.41) is 3.21. The Hall–Kier alpha value is -0.130. The minimum Gasteiger partial charge on any atom is -0.385 e. The van der Waals surface area contributed by atoms with Gasteiger partial charge in [-0.05, 0) is 32.7 Å². The second-order valence-corrected chi connectivity index (χ2v) is 6.47. The van der Waals surface area contributed by atoms with Gasteiger partial charge in [-0.15, -0.1) is 0 Å². The zero-order valence-corrected chi connectivity index (χ0v) is 11.5. The maximum atomic E-state index is 11.3. The predicted octanol–water partition coefficient (Wildman–Crippen LogP) is 1.22. The highest BCUT2D eigenvalue weighted by molar-refractivity contribution is 7.91. The molecule has 4 nitrogen and oxygen atoms in total. The summed E-state index contributed by atoms with van der Waals surface area (Å²) in [6, 6.07) is 0.405. The number of ether oxygens (including phenoxy) is 1. The Morgan fingerprint density at radius 1 is 1.25 bits per heavy atom. The van der Waals surface area contributed by atoms with E-state index in [-0.39, 0.29) is 5.75 Å². The van der Waals surface area contributed by atoms with Crippen LogP contribution in [0.5, 0.6) is 0 Å². The van der Waals surface area contributed by atoms with Crippen molar-refractivity contribution >= 4 is 9.84 Å². The molecule has 0 radical (unpaired) electrons. The fourth-order valence-corrected chi connectivity index (χ4v) is 2.50. The molecule has 0 bridgehead atoms. The first-order valence-electron chi connectivity index (χ1n) is 5.92. The monoisotopic (exact) mass is 251 g/mol. The van der Waals surface area contributed by atoms with Crippen LogP contribution in [0.15, 0.2) is 0 Å². The van der Waals surface area contributed by atoms with Crippen molar-refractivity contribution in [3.05, 3.63) is 0 Å². The average Bonchev–Trinajstić information content (AvgIpc) is 2.27. The minimum absolute atomic E-state index is 0.251. The van der Waals surface area contributed by atoms with E-state index in [4.69, 9.17) is 4.74 Å². The summed E-state index contributed by atoms with van der Waals surface area (Å²) < 4.78 is 27.6. The lowest BCUT2D eigenvalue weighted by Gasteiger charge is -2.15. The van der Waals surface area contributed by atoms with E-state index < -0.39 is 9.84 Å². The van der Waals surface area contributed by atoms with Gasteiger partial charge in [-0.3, -0.25) is 0 Å². The van der Waals surface area contributed by atoms with Crippen LogP contribution in [0.2, 0.25) is 0 Å². The summed E-state index contributed by atoms with van der Waals surface area (Å²) in [5.41, 5.74) is 0. The minimum atomic E-state index is -2.80. The molecule has 0 aromatic carbocycles. The van der Waals surface area contributed by atoms with Gasteiger partial charge < -0.3 is 10.1 Å². The molecule has 0 saturated heterocycles. The fourth-order valence-electron chi connectivity index (χ4n) is 1.60. The topological polar surface area (TPSA) is 55.4 Å². The van der Waals surface area contributed by atoms with Crippen LogP contribution in [0.1, 0.15) is 32.6 Å². The molecule has 16 heavy (non-hydrogen) atoms. The third-order valence-electron chi connectivity index (χ3n) is 2.76. The molecule has 0 aliphatic carbocycles. The summed E-state index contributed by atoms with van der Waals surface area (Å²) in [5.74, 6) is 0.562. The van der Waals surface area contributed by atoms with Crippen molar-refractivity contribution in [3.8, 4) is 0 Å². The van der Waals surface area contributed by atoms with Crippen LogP contribution in [0.3, 0.4) is 0 Å². The van der Waals surface area contributed by atoms with Crippen molar-refractivity contribution in [2.75, 3.05) is 32.3 Å². The molecule has 0 aromatic rings. The van der Waals surface area contributed by atoms with Crippen LogP contribution >= 0.6 is 0 Å². The molecular weight excluding hydrogens is 226 g/mol. The van der Waals surface area contributed by atoms with E-state index in [9.17, 15) is 8.42 Å². The molecule has 0 spiro atoms. The van der Waals surface area contributed by atoms with E-state index >= 15 is 0 Å². The second kappa shape index (κ2) is 8.96. The Morgan fingerprint density at radius 3 is 2.38 bits per heavy atom. The van der Waals surface area contributed by atoms with Crippen molar-refractivity contribution in [3.63, 3.8) is 0 Å². The highest BCUT2D eigenvalue weighted by atomic mass is 32.2. The molecule has 0 rings (SSSR count). The molecule has 5 heteroatoms. The SMILES string of the molecule is CCS(=O)(=O)CCCC(CCCOC)NC. The first-order chi connectivity index (χ1) is 7.55. The van der Waals surface area contributed by atoms with Gasteiger partial charge in [0.2, 0.25) is 0 Å². The maximum absolute atomic E-state index is 11.3. The molecule has 0 aliphatic heterocycles. The van der Waals surface area contributed by atoms with E-state index in [1.165, 1.54) is 0 Å². The molecule has 1 atom stereocenters. The molecule has 0 saturated carbocycles. The first-order valence-corrected chi connectivity index (χ1v) is 7.74. The van der Waals surface area contributed by atoms with Gasteiger partial charge in [0.15, 0.2) is 0 Å². The van der Waals surface area contributed by atoms with Crippen molar-refractivity contribution < 1.29 is 13.2 Å². The van der Waals surface area contributed by atoms with Crippen LogP contribution in [-0.4, -0.2) is 46.7 Å². The lowest BCUT2D eigenvalue weighted by molar-refractivity contribution is 0.188. The van der Waals surface area contributed by atoms with E-state index in [2.05, 4.69) is 5.32 Å². The van der Waals surface area contributed by atoms with Crippen molar-refractivity contribution in [2.24, 2.45) is 0 Å². The summed E-state index contributed by atoms with van der Waals surface area (Å²) in [4.78, 5) is 0. The van der Waals surface area contributed by atoms with Crippen molar-refractivity contribution in [2.45, 2.75) is 38.6 Å². The molecule has 0 heterocycles. The van der Waals surface area contributed by atoms with Gasteiger partial charge in [-0.2, -0.15) is 0 Å². The van der Waals surface area contributed by atoms with Crippen LogP contribution in [0.4, 0.5) is 0 Å². The Morgan fingerprint density at radius 2 is 1.88 bits per heavy atom. The molecular formula is C11H25NO3S. The van der Waals surface area contributed by atoms with Gasteiger partial charge >= 0.3 is 0 Å². The maximum Gasteiger partial charge on any atom is 0.150 e. The lowest BCUT2D eigenvalue weighted by Crippen LogP contribution is -2.26. The number of methoxy groups -OCH3 is 1. The molecule has 1 unspecified atom stereocenters.